The summed E-state index contributed by atoms with van der Waals surface area (Å²) in [6, 6.07) is 0. The third-order valence-corrected chi connectivity index (χ3v) is 0.671. The van der Waals surface area contributed by atoms with Crippen LogP contribution < -0.4 is 0 Å². The monoisotopic (exact) mass is 204 g/mol. The van der Waals surface area contributed by atoms with Crippen LogP contribution in [0.25, 0.3) is 0 Å². The van der Waals surface area contributed by atoms with Crippen LogP contribution in [-0.4, -0.2) is 5.75 Å². The first-order chi connectivity index (χ1) is 1.91. The number of thiol groups is 1. The predicted octanol–water partition coefficient (Wildman–Crippen LogP) is 1.32. The Morgan fingerprint density at radius 2 is 1.50 bits per heavy atom. The van der Waals surface area contributed by atoms with Gasteiger partial charge in [-0.2, -0.15) is 12.6 Å². The minimum absolute atomic E-state index is 0. The van der Waals surface area contributed by atoms with Crippen molar-refractivity contribution in [3.8, 4) is 0 Å². The van der Waals surface area contributed by atoms with Crippen LogP contribution >= 0.6 is 12.6 Å². The largest absolute Gasteiger partial charge is 0.179 e. The van der Waals surface area contributed by atoms with E-state index < -0.39 is 0 Å². The van der Waals surface area contributed by atoms with Gasteiger partial charge in [0.25, 0.3) is 0 Å². The third-order valence-electron chi connectivity index (χ3n) is 0.224. The van der Waals surface area contributed by atoms with Gasteiger partial charge in [0.05, 0.1) is 0 Å². The molecule has 0 saturated heterocycles. The summed E-state index contributed by atoms with van der Waals surface area (Å²) in [6.45, 7) is 2.10. The van der Waals surface area contributed by atoms with E-state index in [1.165, 1.54) is 6.42 Å². The summed E-state index contributed by atoms with van der Waals surface area (Å²) in [4.78, 5) is 0. The van der Waals surface area contributed by atoms with Crippen LogP contribution in [-0.2, 0) is 39.0 Å². The van der Waals surface area contributed by atoms with Crippen molar-refractivity contribution < 1.29 is 39.0 Å². The van der Waals surface area contributed by atoms with E-state index in [4.69, 9.17) is 0 Å². The summed E-state index contributed by atoms with van der Waals surface area (Å²) >= 11 is 3.92. The van der Waals surface area contributed by atoms with Crippen molar-refractivity contribution in [2.45, 2.75) is 13.3 Å². The molecule has 0 aliphatic heterocycles. The normalized spacial score (nSPS) is 5.00. The van der Waals surface area contributed by atoms with Crippen LogP contribution in [0.5, 0.6) is 0 Å². The van der Waals surface area contributed by atoms with Gasteiger partial charge in [-0.15, -0.1) is 0 Å². The first kappa shape index (κ1) is 15.6. The third kappa shape index (κ3) is 17.5. The minimum Gasteiger partial charge on any atom is -0.179 e. The molecule has 0 amide bonds. The Kier molecular flexibility index (Phi) is 41.7. The molecule has 0 saturated carbocycles. The average Bonchev–Trinajstić information content (AvgIpc) is 1.37. The van der Waals surface area contributed by atoms with E-state index in [2.05, 4.69) is 19.6 Å². The molecule has 0 aliphatic rings. The summed E-state index contributed by atoms with van der Waals surface area (Å²) in [5, 5.41) is 0. The second-order valence-corrected chi connectivity index (χ2v) is 1.17. The zero-order chi connectivity index (χ0) is 3.41. The molecule has 0 heterocycles. The molecule has 0 N–H and O–H groups in total. The van der Waals surface area contributed by atoms with Crippen LogP contribution in [0.1, 0.15) is 13.3 Å². The Hall–Kier alpha value is 1.60. The molecular formula is C3H8SZn2. The maximum Gasteiger partial charge on any atom is 0 e. The number of rotatable bonds is 1. The molecule has 0 atom stereocenters. The first-order valence-electron chi connectivity index (χ1n) is 1.52. The van der Waals surface area contributed by atoms with Crippen molar-refractivity contribution in [3.05, 3.63) is 0 Å². The zero-order valence-corrected chi connectivity index (χ0v) is 11.1. The van der Waals surface area contributed by atoms with E-state index in [0.717, 1.165) is 5.75 Å². The van der Waals surface area contributed by atoms with E-state index in [1.54, 1.807) is 0 Å². The molecule has 0 fully saturated rings. The molecule has 0 nitrogen and oxygen atoms in total. The maximum absolute atomic E-state index is 3.92. The standard InChI is InChI=1S/C3H8S.2Zn/c1-2-3-4;;/h4H,2-3H2,1H3;;. The van der Waals surface area contributed by atoms with E-state index >= 15 is 0 Å². The SMILES string of the molecule is CCCS.[Zn].[Zn]. The average molecular weight is 207 g/mol. The van der Waals surface area contributed by atoms with Crippen LogP contribution in [0.3, 0.4) is 0 Å². The van der Waals surface area contributed by atoms with Gasteiger partial charge in [0, 0.05) is 39.0 Å². The van der Waals surface area contributed by atoms with Gasteiger partial charge in [0.15, 0.2) is 0 Å². The molecule has 0 aromatic heterocycles. The number of hydrogen-bond acceptors (Lipinski definition) is 1. The van der Waals surface area contributed by atoms with Gasteiger partial charge in [-0.05, 0) is 12.2 Å². The Bertz CT molecular complexity index is 10.8. The predicted molar refractivity (Wildman–Crippen MR) is 24.1 cm³/mol. The smallest absolute Gasteiger partial charge is 0 e. The molecular weight excluding hydrogens is 199 g/mol. The topological polar surface area (TPSA) is 0 Å². The summed E-state index contributed by atoms with van der Waals surface area (Å²) in [6.07, 6.45) is 1.18. The van der Waals surface area contributed by atoms with Gasteiger partial charge in [-0.3, -0.25) is 0 Å². The minimum atomic E-state index is 0. The van der Waals surface area contributed by atoms with Gasteiger partial charge < -0.3 is 0 Å². The Morgan fingerprint density at radius 1 is 1.33 bits per heavy atom. The zero-order valence-electron chi connectivity index (χ0n) is 4.28. The molecule has 0 aromatic carbocycles. The van der Waals surface area contributed by atoms with Crippen molar-refractivity contribution >= 4 is 12.6 Å². The van der Waals surface area contributed by atoms with Gasteiger partial charge in [-0.25, -0.2) is 0 Å². The Morgan fingerprint density at radius 3 is 1.50 bits per heavy atom. The molecule has 0 radical (unpaired) electrons. The summed E-state index contributed by atoms with van der Waals surface area (Å²) in [5.74, 6) is 1.01. The van der Waals surface area contributed by atoms with Crippen molar-refractivity contribution in [1.29, 1.82) is 0 Å². The maximum atomic E-state index is 3.92. The second-order valence-electron chi connectivity index (χ2n) is 0.724. The van der Waals surface area contributed by atoms with Gasteiger partial charge >= 0.3 is 0 Å². The Balaban J connectivity index is -0.0000000450. The van der Waals surface area contributed by atoms with Crippen LogP contribution in [0.15, 0.2) is 0 Å². The fourth-order valence-electron chi connectivity index (χ4n) is 0. The van der Waals surface area contributed by atoms with Crippen LogP contribution in [0.2, 0.25) is 0 Å². The van der Waals surface area contributed by atoms with E-state index in [-0.39, 0.29) is 39.0 Å². The molecule has 0 aromatic rings. The summed E-state index contributed by atoms with van der Waals surface area (Å²) < 4.78 is 0. The molecule has 0 rings (SSSR count). The molecule has 30 valence electrons. The second kappa shape index (κ2) is 16.0. The van der Waals surface area contributed by atoms with E-state index in [0.29, 0.717) is 0 Å². The molecule has 0 unspecified atom stereocenters. The van der Waals surface area contributed by atoms with Crippen molar-refractivity contribution in [3.63, 3.8) is 0 Å². The van der Waals surface area contributed by atoms with E-state index in [9.17, 15) is 0 Å². The van der Waals surface area contributed by atoms with Crippen molar-refractivity contribution in [2.75, 3.05) is 5.75 Å². The molecule has 6 heavy (non-hydrogen) atoms. The molecule has 3 heteroatoms. The summed E-state index contributed by atoms with van der Waals surface area (Å²) in [5.41, 5.74) is 0. The van der Waals surface area contributed by atoms with Gasteiger partial charge in [-0.1, -0.05) is 6.92 Å². The first-order valence-corrected chi connectivity index (χ1v) is 2.16. The molecule has 0 spiro atoms. The quantitative estimate of drug-likeness (QED) is 0.486. The van der Waals surface area contributed by atoms with Gasteiger partial charge in [0.2, 0.25) is 0 Å². The van der Waals surface area contributed by atoms with Crippen LogP contribution in [0.4, 0.5) is 0 Å². The van der Waals surface area contributed by atoms with E-state index in [1.807, 2.05) is 0 Å². The van der Waals surface area contributed by atoms with Crippen LogP contribution in [0, 0.1) is 0 Å². The number of hydrogen-bond donors (Lipinski definition) is 1. The fourth-order valence-corrected chi connectivity index (χ4v) is 0. The van der Waals surface area contributed by atoms with Gasteiger partial charge in [0.1, 0.15) is 0 Å². The Labute approximate surface area is 70.4 Å². The van der Waals surface area contributed by atoms with Crippen molar-refractivity contribution in [1.82, 2.24) is 0 Å². The summed E-state index contributed by atoms with van der Waals surface area (Å²) in [7, 11) is 0. The fraction of sp³-hybridized carbons (Fsp3) is 1.00. The molecule has 0 aliphatic carbocycles. The van der Waals surface area contributed by atoms with Crippen molar-refractivity contribution in [2.24, 2.45) is 0 Å². The molecule has 0 bridgehead atoms.